The van der Waals surface area contributed by atoms with E-state index in [1.807, 2.05) is 17.5 Å². The number of nitrogens with zero attached hydrogens (tertiary/aromatic N) is 2. The number of likely N-dealkylation sites (tertiary alicyclic amines) is 1. The zero-order valence-electron chi connectivity index (χ0n) is 11.8. The maximum absolute atomic E-state index is 12.1. The number of nitrogens with one attached hydrogen (secondary N) is 1. The summed E-state index contributed by atoms with van der Waals surface area (Å²) in [6.07, 6.45) is 7.03. The van der Waals surface area contributed by atoms with Gasteiger partial charge in [0.05, 0.1) is 12.3 Å². The Morgan fingerprint density at radius 2 is 2.29 bits per heavy atom. The molecule has 2 aromatic rings. The Morgan fingerprint density at radius 3 is 2.95 bits per heavy atom. The third-order valence-corrected chi connectivity index (χ3v) is 4.56. The van der Waals surface area contributed by atoms with Crippen LogP contribution in [0, 0.1) is 0 Å². The number of aromatic nitrogens is 1. The van der Waals surface area contributed by atoms with Crippen molar-refractivity contribution < 1.29 is 9.21 Å². The minimum atomic E-state index is -0.112. The van der Waals surface area contributed by atoms with Crippen molar-refractivity contribution in [2.45, 2.75) is 25.3 Å². The van der Waals surface area contributed by atoms with Crippen LogP contribution >= 0.6 is 11.3 Å². The molecule has 0 bridgehead atoms. The van der Waals surface area contributed by atoms with E-state index in [9.17, 15) is 4.79 Å². The number of carbonyl (C=O) groups is 1. The average molecular weight is 305 g/mol. The summed E-state index contributed by atoms with van der Waals surface area (Å²) in [5.41, 5.74) is 0. The van der Waals surface area contributed by atoms with Crippen molar-refractivity contribution in [1.29, 1.82) is 0 Å². The quantitative estimate of drug-likeness (QED) is 0.922. The number of carbonyl (C=O) groups excluding carboxylic acids is 1. The second-order valence-corrected chi connectivity index (χ2v) is 6.07. The largest absolute Gasteiger partial charge is 0.468 e. The lowest BCUT2D eigenvalue weighted by atomic mass is 10.1. The number of rotatable bonds is 5. The zero-order chi connectivity index (χ0) is 14.5. The third kappa shape index (κ3) is 3.51. The SMILES string of the molecule is O=C(NC[C@@H](c1ccco1)N1CCCCC1)c1nccs1. The van der Waals surface area contributed by atoms with Crippen LogP contribution < -0.4 is 5.32 Å². The predicted molar refractivity (Wildman–Crippen MR) is 81.3 cm³/mol. The Labute approximate surface area is 128 Å². The molecular formula is C15H19N3O2S. The molecule has 3 rings (SSSR count). The van der Waals surface area contributed by atoms with Crippen LogP contribution in [-0.4, -0.2) is 35.4 Å². The van der Waals surface area contributed by atoms with Crippen molar-refractivity contribution in [3.05, 3.63) is 40.7 Å². The van der Waals surface area contributed by atoms with Gasteiger partial charge in [-0.25, -0.2) is 4.98 Å². The summed E-state index contributed by atoms with van der Waals surface area (Å²) >= 11 is 1.36. The fourth-order valence-corrected chi connectivity index (χ4v) is 3.27. The highest BCUT2D eigenvalue weighted by Crippen LogP contribution is 2.24. The summed E-state index contributed by atoms with van der Waals surface area (Å²) in [6, 6.07) is 3.98. The van der Waals surface area contributed by atoms with Crippen LogP contribution in [0.2, 0.25) is 0 Å². The predicted octanol–water partition coefficient (Wildman–Crippen LogP) is 2.69. The van der Waals surface area contributed by atoms with Crippen molar-refractivity contribution in [1.82, 2.24) is 15.2 Å². The molecule has 1 atom stereocenters. The van der Waals surface area contributed by atoms with Gasteiger partial charge in [-0.2, -0.15) is 0 Å². The molecule has 1 aliphatic heterocycles. The Balaban J connectivity index is 1.66. The molecule has 2 aromatic heterocycles. The van der Waals surface area contributed by atoms with Gasteiger partial charge in [-0.05, 0) is 38.1 Å². The molecule has 21 heavy (non-hydrogen) atoms. The van der Waals surface area contributed by atoms with Gasteiger partial charge in [-0.15, -0.1) is 11.3 Å². The maximum Gasteiger partial charge on any atom is 0.280 e. The highest BCUT2D eigenvalue weighted by molar-refractivity contribution is 7.11. The van der Waals surface area contributed by atoms with Gasteiger partial charge in [0.15, 0.2) is 5.01 Å². The van der Waals surface area contributed by atoms with E-state index in [1.54, 1.807) is 12.5 Å². The van der Waals surface area contributed by atoms with Crippen LogP contribution in [-0.2, 0) is 0 Å². The van der Waals surface area contributed by atoms with Crippen molar-refractivity contribution in [3.8, 4) is 0 Å². The van der Waals surface area contributed by atoms with Gasteiger partial charge in [0.1, 0.15) is 5.76 Å². The molecule has 0 aliphatic carbocycles. The number of piperidine rings is 1. The molecule has 5 nitrogen and oxygen atoms in total. The van der Waals surface area contributed by atoms with Crippen LogP contribution in [0.15, 0.2) is 34.4 Å². The van der Waals surface area contributed by atoms with Gasteiger partial charge >= 0.3 is 0 Å². The summed E-state index contributed by atoms with van der Waals surface area (Å²) < 4.78 is 5.57. The van der Waals surface area contributed by atoms with Crippen LogP contribution in [0.1, 0.15) is 40.9 Å². The van der Waals surface area contributed by atoms with Gasteiger partial charge in [-0.1, -0.05) is 6.42 Å². The third-order valence-electron chi connectivity index (χ3n) is 3.79. The van der Waals surface area contributed by atoms with Crippen molar-refractivity contribution in [2.75, 3.05) is 19.6 Å². The number of hydrogen-bond acceptors (Lipinski definition) is 5. The van der Waals surface area contributed by atoms with Crippen molar-refractivity contribution in [2.24, 2.45) is 0 Å². The van der Waals surface area contributed by atoms with Crippen LogP contribution in [0.25, 0.3) is 0 Å². The number of hydrogen-bond donors (Lipinski definition) is 1. The van der Waals surface area contributed by atoms with Crippen LogP contribution in [0.5, 0.6) is 0 Å². The van der Waals surface area contributed by atoms with Gasteiger partial charge in [0.2, 0.25) is 0 Å². The first-order chi connectivity index (χ1) is 10.3. The molecule has 1 saturated heterocycles. The summed E-state index contributed by atoms with van der Waals surface area (Å²) in [6.45, 7) is 2.66. The number of amides is 1. The molecule has 1 N–H and O–H groups in total. The Hall–Kier alpha value is -1.66. The van der Waals surface area contributed by atoms with E-state index >= 15 is 0 Å². The standard InChI is InChI=1S/C15H19N3O2S/c19-14(15-16-6-10-21-15)17-11-12(13-5-4-9-20-13)18-7-2-1-3-8-18/h4-6,9-10,12H,1-3,7-8,11H2,(H,17,19)/t12-/m0/s1. The fourth-order valence-electron chi connectivity index (χ4n) is 2.72. The topological polar surface area (TPSA) is 58.4 Å². The van der Waals surface area contributed by atoms with Gasteiger partial charge in [0, 0.05) is 18.1 Å². The van der Waals surface area contributed by atoms with Crippen molar-refractivity contribution in [3.63, 3.8) is 0 Å². The summed E-state index contributed by atoms with van der Waals surface area (Å²) in [5, 5.41) is 5.29. The van der Waals surface area contributed by atoms with E-state index in [0.717, 1.165) is 18.8 Å². The Bertz CT molecular complexity index is 548. The highest BCUT2D eigenvalue weighted by Gasteiger charge is 2.25. The summed E-state index contributed by atoms with van der Waals surface area (Å²) in [7, 11) is 0. The lowest BCUT2D eigenvalue weighted by Gasteiger charge is -2.33. The molecule has 1 fully saturated rings. The normalized spacial score (nSPS) is 17.5. The van der Waals surface area contributed by atoms with E-state index in [4.69, 9.17) is 4.42 Å². The number of thiazole rings is 1. The van der Waals surface area contributed by atoms with Gasteiger partial charge in [-0.3, -0.25) is 9.69 Å². The lowest BCUT2D eigenvalue weighted by Crippen LogP contribution is -2.40. The first-order valence-corrected chi connectivity index (χ1v) is 8.18. The molecule has 0 saturated carbocycles. The molecular weight excluding hydrogens is 286 g/mol. The van der Waals surface area contributed by atoms with Crippen LogP contribution in [0.3, 0.4) is 0 Å². The Morgan fingerprint density at radius 1 is 1.43 bits per heavy atom. The summed E-state index contributed by atoms with van der Waals surface area (Å²) in [5.74, 6) is 0.801. The maximum atomic E-state index is 12.1. The molecule has 0 aromatic carbocycles. The van der Waals surface area contributed by atoms with Crippen molar-refractivity contribution >= 4 is 17.2 Å². The van der Waals surface area contributed by atoms with Gasteiger partial charge in [0.25, 0.3) is 5.91 Å². The van der Waals surface area contributed by atoms with E-state index < -0.39 is 0 Å². The molecule has 0 unspecified atom stereocenters. The molecule has 0 radical (unpaired) electrons. The summed E-state index contributed by atoms with van der Waals surface area (Å²) in [4.78, 5) is 18.5. The Kier molecular flexibility index (Phi) is 4.67. The van der Waals surface area contributed by atoms with E-state index in [1.165, 1.54) is 30.6 Å². The van der Waals surface area contributed by atoms with Crippen LogP contribution in [0.4, 0.5) is 0 Å². The highest BCUT2D eigenvalue weighted by atomic mass is 32.1. The average Bonchev–Trinajstić information content (AvgIpc) is 3.22. The molecule has 6 heteroatoms. The van der Waals surface area contributed by atoms with E-state index in [0.29, 0.717) is 11.6 Å². The lowest BCUT2D eigenvalue weighted by molar-refractivity contribution is 0.0914. The monoisotopic (exact) mass is 305 g/mol. The molecule has 0 spiro atoms. The second kappa shape index (κ2) is 6.87. The molecule has 1 amide bonds. The number of furan rings is 1. The first kappa shape index (κ1) is 14.3. The second-order valence-electron chi connectivity index (χ2n) is 5.18. The smallest absolute Gasteiger partial charge is 0.280 e. The first-order valence-electron chi connectivity index (χ1n) is 7.30. The van der Waals surface area contributed by atoms with E-state index in [2.05, 4.69) is 15.2 Å². The van der Waals surface area contributed by atoms with Gasteiger partial charge < -0.3 is 9.73 Å². The van der Waals surface area contributed by atoms with E-state index in [-0.39, 0.29) is 11.9 Å². The fraction of sp³-hybridized carbons (Fsp3) is 0.467. The zero-order valence-corrected chi connectivity index (χ0v) is 12.6. The minimum absolute atomic E-state index is 0.101. The molecule has 1 aliphatic rings. The minimum Gasteiger partial charge on any atom is -0.468 e. The molecule has 3 heterocycles. The molecule has 112 valence electrons.